The van der Waals surface area contributed by atoms with Crippen molar-refractivity contribution in [1.82, 2.24) is 10.2 Å². The van der Waals surface area contributed by atoms with Crippen molar-refractivity contribution < 1.29 is 14.7 Å². The molecule has 0 bridgehead atoms. The van der Waals surface area contributed by atoms with E-state index in [9.17, 15) is 14.7 Å². The fourth-order valence-corrected chi connectivity index (χ4v) is 2.63. The molecule has 18 heavy (non-hydrogen) atoms. The maximum absolute atomic E-state index is 12.0. The summed E-state index contributed by atoms with van der Waals surface area (Å²) in [6.07, 6.45) is 5.82. The number of carbonyl (C=O) groups is 2. The van der Waals surface area contributed by atoms with Crippen molar-refractivity contribution in [3.63, 3.8) is 0 Å². The van der Waals surface area contributed by atoms with Gasteiger partial charge in [-0.15, -0.1) is 0 Å². The van der Waals surface area contributed by atoms with E-state index in [2.05, 4.69) is 5.32 Å². The number of urea groups is 1. The van der Waals surface area contributed by atoms with E-state index in [1.54, 1.807) is 23.7 Å². The van der Waals surface area contributed by atoms with Crippen LogP contribution in [0.25, 0.3) is 0 Å². The molecule has 1 fully saturated rings. The maximum atomic E-state index is 12.0. The van der Waals surface area contributed by atoms with Crippen LogP contribution in [0.4, 0.5) is 4.79 Å². The summed E-state index contributed by atoms with van der Waals surface area (Å²) in [5.41, 5.74) is -1.05. The van der Waals surface area contributed by atoms with E-state index in [0.717, 1.165) is 25.0 Å². The van der Waals surface area contributed by atoms with Crippen LogP contribution in [0.15, 0.2) is 0 Å². The molecule has 5 nitrogen and oxygen atoms in total. The molecule has 1 saturated carbocycles. The number of hydrogen-bond acceptors (Lipinski definition) is 3. The Labute approximate surface area is 112 Å². The molecule has 0 aliphatic heterocycles. The number of carboxylic acids is 1. The molecule has 0 aromatic rings. The van der Waals surface area contributed by atoms with Crippen LogP contribution in [-0.2, 0) is 4.79 Å². The van der Waals surface area contributed by atoms with Crippen molar-refractivity contribution in [1.29, 1.82) is 0 Å². The lowest BCUT2D eigenvalue weighted by atomic mass is 9.82. The van der Waals surface area contributed by atoms with E-state index in [1.807, 2.05) is 6.26 Å². The molecule has 2 amide bonds. The van der Waals surface area contributed by atoms with Crippen LogP contribution in [0.2, 0.25) is 0 Å². The Morgan fingerprint density at radius 1 is 1.33 bits per heavy atom. The smallest absolute Gasteiger partial charge is 0.329 e. The Bertz CT molecular complexity index is 304. The first kappa shape index (κ1) is 15.1. The zero-order valence-electron chi connectivity index (χ0n) is 11.1. The first-order chi connectivity index (χ1) is 8.52. The van der Waals surface area contributed by atoms with Gasteiger partial charge in [0.2, 0.25) is 0 Å². The van der Waals surface area contributed by atoms with Crippen molar-refractivity contribution in [2.45, 2.75) is 37.6 Å². The van der Waals surface area contributed by atoms with Gasteiger partial charge in [-0.2, -0.15) is 11.8 Å². The lowest BCUT2D eigenvalue weighted by Crippen LogP contribution is -2.58. The fraction of sp³-hybridized carbons (Fsp3) is 0.833. The molecular formula is C12H22N2O3S. The van der Waals surface area contributed by atoms with E-state index in [4.69, 9.17) is 0 Å². The highest BCUT2D eigenvalue weighted by molar-refractivity contribution is 7.98. The summed E-state index contributed by atoms with van der Waals surface area (Å²) in [6.45, 7) is 0.628. The summed E-state index contributed by atoms with van der Waals surface area (Å²) in [5, 5.41) is 12.1. The van der Waals surface area contributed by atoms with Gasteiger partial charge < -0.3 is 15.3 Å². The molecule has 0 aromatic heterocycles. The molecule has 104 valence electrons. The summed E-state index contributed by atoms with van der Waals surface area (Å²) >= 11 is 1.66. The van der Waals surface area contributed by atoms with Crippen molar-refractivity contribution in [2.75, 3.05) is 25.6 Å². The second-order valence-corrected chi connectivity index (χ2v) is 5.78. The fourth-order valence-electron chi connectivity index (χ4n) is 2.18. The average molecular weight is 274 g/mol. The molecule has 0 atom stereocenters. The summed E-state index contributed by atoms with van der Waals surface area (Å²) in [4.78, 5) is 24.9. The van der Waals surface area contributed by atoms with Gasteiger partial charge in [0.25, 0.3) is 0 Å². The Balaban J connectivity index is 2.60. The van der Waals surface area contributed by atoms with Crippen LogP contribution in [0.1, 0.15) is 32.1 Å². The minimum atomic E-state index is -1.05. The normalized spacial score (nSPS) is 18.1. The molecule has 1 aliphatic carbocycles. The highest BCUT2D eigenvalue weighted by Crippen LogP contribution is 2.28. The van der Waals surface area contributed by atoms with Gasteiger partial charge in [-0.1, -0.05) is 19.3 Å². The lowest BCUT2D eigenvalue weighted by Gasteiger charge is -2.35. The van der Waals surface area contributed by atoms with E-state index < -0.39 is 11.5 Å². The van der Waals surface area contributed by atoms with Crippen molar-refractivity contribution >= 4 is 23.8 Å². The van der Waals surface area contributed by atoms with E-state index in [-0.39, 0.29) is 6.03 Å². The molecule has 0 radical (unpaired) electrons. The van der Waals surface area contributed by atoms with E-state index in [0.29, 0.717) is 19.4 Å². The minimum absolute atomic E-state index is 0.284. The van der Waals surface area contributed by atoms with Gasteiger partial charge in [0.1, 0.15) is 5.54 Å². The zero-order chi connectivity index (χ0) is 13.6. The number of thioether (sulfide) groups is 1. The monoisotopic (exact) mass is 274 g/mol. The Kier molecular flexibility index (Phi) is 5.78. The van der Waals surface area contributed by atoms with Crippen LogP contribution in [0.5, 0.6) is 0 Å². The molecular weight excluding hydrogens is 252 g/mol. The van der Waals surface area contributed by atoms with Crippen LogP contribution >= 0.6 is 11.8 Å². The summed E-state index contributed by atoms with van der Waals surface area (Å²) in [7, 11) is 1.70. The number of hydrogen-bond donors (Lipinski definition) is 2. The predicted molar refractivity (Wildman–Crippen MR) is 73.0 cm³/mol. The summed E-state index contributed by atoms with van der Waals surface area (Å²) < 4.78 is 0. The van der Waals surface area contributed by atoms with Gasteiger partial charge in [-0.3, -0.25) is 0 Å². The number of rotatable bonds is 5. The second kappa shape index (κ2) is 6.87. The maximum Gasteiger partial charge on any atom is 0.329 e. The van der Waals surface area contributed by atoms with E-state index in [1.165, 1.54) is 0 Å². The molecule has 6 heteroatoms. The zero-order valence-corrected chi connectivity index (χ0v) is 11.9. The highest BCUT2D eigenvalue weighted by atomic mass is 32.2. The van der Waals surface area contributed by atoms with Crippen molar-refractivity contribution in [2.24, 2.45) is 0 Å². The first-order valence-corrected chi connectivity index (χ1v) is 7.67. The molecule has 1 rings (SSSR count). The molecule has 0 unspecified atom stereocenters. The van der Waals surface area contributed by atoms with Gasteiger partial charge >= 0.3 is 12.0 Å². The first-order valence-electron chi connectivity index (χ1n) is 6.27. The van der Waals surface area contributed by atoms with Gasteiger partial charge in [-0.05, 0) is 19.1 Å². The van der Waals surface area contributed by atoms with Crippen molar-refractivity contribution in [3.8, 4) is 0 Å². The third-order valence-electron chi connectivity index (χ3n) is 3.44. The Hall–Kier alpha value is -0.910. The summed E-state index contributed by atoms with van der Waals surface area (Å²) in [6, 6.07) is -0.284. The number of amides is 2. The predicted octanol–water partition coefficient (Wildman–Crippen LogP) is 1.78. The number of nitrogens with one attached hydrogen (secondary N) is 1. The van der Waals surface area contributed by atoms with E-state index >= 15 is 0 Å². The number of nitrogens with zero attached hydrogens (tertiary/aromatic N) is 1. The third kappa shape index (κ3) is 3.80. The SMILES string of the molecule is CSCCN(C)C(=O)NC1(C(=O)O)CCCCC1. The van der Waals surface area contributed by atoms with Crippen LogP contribution in [0, 0.1) is 0 Å². The molecule has 0 aromatic carbocycles. The lowest BCUT2D eigenvalue weighted by molar-refractivity contribution is -0.145. The molecule has 0 spiro atoms. The Morgan fingerprint density at radius 3 is 2.44 bits per heavy atom. The standard InChI is InChI=1S/C12H22N2O3S/c1-14(8-9-18-2)11(17)13-12(10(15)16)6-4-3-5-7-12/h3-9H2,1-2H3,(H,13,17)(H,15,16). The largest absolute Gasteiger partial charge is 0.480 e. The van der Waals surface area contributed by atoms with Crippen LogP contribution in [-0.4, -0.2) is 53.1 Å². The average Bonchev–Trinajstić information content (AvgIpc) is 2.36. The highest BCUT2D eigenvalue weighted by Gasteiger charge is 2.41. The third-order valence-corrected chi connectivity index (χ3v) is 4.03. The van der Waals surface area contributed by atoms with Crippen molar-refractivity contribution in [3.05, 3.63) is 0 Å². The Morgan fingerprint density at radius 2 is 1.94 bits per heavy atom. The number of carboxylic acid groups (broad SMARTS) is 1. The topological polar surface area (TPSA) is 69.6 Å². The second-order valence-electron chi connectivity index (χ2n) is 4.79. The van der Waals surface area contributed by atoms with Gasteiger partial charge in [0.05, 0.1) is 0 Å². The van der Waals surface area contributed by atoms with Gasteiger partial charge in [0, 0.05) is 19.3 Å². The molecule has 0 saturated heterocycles. The van der Waals surface area contributed by atoms with Crippen LogP contribution < -0.4 is 5.32 Å². The summed E-state index contributed by atoms with van der Waals surface area (Å²) in [5.74, 6) is -0.0573. The van der Waals surface area contributed by atoms with Crippen LogP contribution in [0.3, 0.4) is 0 Å². The molecule has 2 N–H and O–H groups in total. The quantitative estimate of drug-likeness (QED) is 0.801. The van der Waals surface area contributed by atoms with Gasteiger partial charge in [-0.25, -0.2) is 9.59 Å². The molecule has 1 aliphatic rings. The number of carbonyl (C=O) groups excluding carboxylic acids is 1. The minimum Gasteiger partial charge on any atom is -0.480 e. The molecule has 0 heterocycles. The van der Waals surface area contributed by atoms with Gasteiger partial charge in [0.15, 0.2) is 0 Å². The number of aliphatic carboxylic acids is 1.